The average molecular weight is 331 g/mol. The summed E-state index contributed by atoms with van der Waals surface area (Å²) in [5.74, 6) is -0.0397. The number of rotatable bonds is 5. The zero-order valence-corrected chi connectivity index (χ0v) is 14.3. The fourth-order valence-corrected chi connectivity index (χ4v) is 2.64. The number of hydrogen-bond donors (Lipinski definition) is 1. The first-order valence-corrected chi connectivity index (χ1v) is 8.39. The second kappa shape index (κ2) is 8.47. The van der Waals surface area contributed by atoms with Crippen molar-refractivity contribution in [2.24, 2.45) is 0 Å². The normalized spacial score (nSPS) is 14.6. The molecule has 24 heavy (non-hydrogen) atoms. The second-order valence-electron chi connectivity index (χ2n) is 6.26. The Balaban J connectivity index is 1.75. The first-order chi connectivity index (χ1) is 11.5. The molecule has 1 fully saturated rings. The molecule has 0 saturated carbocycles. The summed E-state index contributed by atoms with van der Waals surface area (Å²) in [6, 6.07) is 9.03. The molecule has 1 N–H and O–H groups in total. The van der Waals surface area contributed by atoms with Crippen LogP contribution in [-0.4, -0.2) is 59.7 Å². The number of urea groups is 1. The standard InChI is InChI=1S/C18H25N3O3/c1-14(2)19-18(24)21-12-10-20(11-13-21)17(23)9-8-16(22)15-6-4-3-5-7-15/h3-7,14H,8-13H2,1-2H3,(H,19,24). The van der Waals surface area contributed by atoms with Crippen LogP contribution in [0.2, 0.25) is 0 Å². The van der Waals surface area contributed by atoms with Crippen molar-refractivity contribution in [1.29, 1.82) is 0 Å². The van der Waals surface area contributed by atoms with Gasteiger partial charge in [-0.3, -0.25) is 9.59 Å². The van der Waals surface area contributed by atoms with Crippen molar-refractivity contribution in [1.82, 2.24) is 15.1 Å². The summed E-state index contributed by atoms with van der Waals surface area (Å²) in [6.07, 6.45) is 0.433. The van der Waals surface area contributed by atoms with Crippen molar-refractivity contribution >= 4 is 17.7 Å². The fourth-order valence-electron chi connectivity index (χ4n) is 2.64. The van der Waals surface area contributed by atoms with E-state index in [1.165, 1.54) is 0 Å². The molecule has 1 aromatic carbocycles. The Morgan fingerprint density at radius 1 is 0.958 bits per heavy atom. The summed E-state index contributed by atoms with van der Waals surface area (Å²) in [5, 5.41) is 2.85. The quantitative estimate of drug-likeness (QED) is 0.838. The lowest BCUT2D eigenvalue weighted by Crippen LogP contribution is -2.54. The van der Waals surface area contributed by atoms with Gasteiger partial charge in [0.1, 0.15) is 0 Å². The summed E-state index contributed by atoms with van der Waals surface area (Å²) < 4.78 is 0. The van der Waals surface area contributed by atoms with Gasteiger partial charge in [-0.1, -0.05) is 30.3 Å². The molecule has 0 atom stereocenters. The van der Waals surface area contributed by atoms with E-state index in [4.69, 9.17) is 0 Å². The molecule has 1 heterocycles. The predicted octanol–water partition coefficient (Wildman–Crippen LogP) is 1.91. The van der Waals surface area contributed by atoms with Gasteiger partial charge < -0.3 is 15.1 Å². The van der Waals surface area contributed by atoms with Crippen molar-refractivity contribution < 1.29 is 14.4 Å². The van der Waals surface area contributed by atoms with E-state index in [2.05, 4.69) is 5.32 Å². The minimum absolute atomic E-state index is 0.0149. The van der Waals surface area contributed by atoms with Crippen LogP contribution in [0, 0.1) is 0 Å². The van der Waals surface area contributed by atoms with Gasteiger partial charge in [-0.25, -0.2) is 4.79 Å². The Morgan fingerprint density at radius 3 is 2.12 bits per heavy atom. The van der Waals surface area contributed by atoms with E-state index in [9.17, 15) is 14.4 Å². The molecule has 0 bridgehead atoms. The summed E-state index contributed by atoms with van der Waals surface area (Å²) in [4.78, 5) is 39.7. The molecule has 1 aliphatic rings. The molecule has 3 amide bonds. The van der Waals surface area contributed by atoms with E-state index < -0.39 is 0 Å². The van der Waals surface area contributed by atoms with Gasteiger partial charge in [0.2, 0.25) is 5.91 Å². The van der Waals surface area contributed by atoms with Crippen LogP contribution < -0.4 is 5.32 Å². The van der Waals surface area contributed by atoms with Gasteiger partial charge in [-0.2, -0.15) is 0 Å². The SMILES string of the molecule is CC(C)NC(=O)N1CCN(C(=O)CCC(=O)c2ccccc2)CC1. The number of Topliss-reactive ketones (excluding diaryl/α,β-unsaturated/α-hetero) is 1. The van der Waals surface area contributed by atoms with E-state index in [0.717, 1.165) is 0 Å². The third kappa shape index (κ3) is 5.08. The Labute approximate surface area is 142 Å². The molecule has 1 aliphatic heterocycles. The van der Waals surface area contributed by atoms with Crippen molar-refractivity contribution in [2.75, 3.05) is 26.2 Å². The highest BCUT2D eigenvalue weighted by atomic mass is 16.2. The molecular formula is C18H25N3O3. The molecule has 0 spiro atoms. The predicted molar refractivity (Wildman–Crippen MR) is 91.8 cm³/mol. The summed E-state index contributed by atoms with van der Waals surface area (Å²) >= 11 is 0. The lowest BCUT2D eigenvalue weighted by Gasteiger charge is -2.35. The van der Waals surface area contributed by atoms with Gasteiger partial charge >= 0.3 is 6.03 Å². The maximum atomic E-state index is 12.2. The molecule has 0 radical (unpaired) electrons. The first-order valence-electron chi connectivity index (χ1n) is 8.39. The molecule has 130 valence electrons. The molecular weight excluding hydrogens is 306 g/mol. The van der Waals surface area contributed by atoms with Crippen LogP contribution in [0.15, 0.2) is 30.3 Å². The highest BCUT2D eigenvalue weighted by Crippen LogP contribution is 2.09. The Bertz CT molecular complexity index is 578. The number of ketones is 1. The van der Waals surface area contributed by atoms with E-state index in [1.807, 2.05) is 32.0 Å². The number of carbonyl (C=O) groups excluding carboxylic acids is 3. The van der Waals surface area contributed by atoms with Crippen LogP contribution in [0.3, 0.4) is 0 Å². The molecule has 1 saturated heterocycles. The van der Waals surface area contributed by atoms with Crippen LogP contribution in [0.4, 0.5) is 4.79 Å². The second-order valence-corrected chi connectivity index (χ2v) is 6.26. The number of benzene rings is 1. The molecule has 0 aromatic heterocycles. The monoisotopic (exact) mass is 331 g/mol. The largest absolute Gasteiger partial charge is 0.339 e. The summed E-state index contributed by atoms with van der Waals surface area (Å²) in [7, 11) is 0. The number of nitrogens with one attached hydrogen (secondary N) is 1. The molecule has 0 unspecified atom stereocenters. The highest BCUT2D eigenvalue weighted by Gasteiger charge is 2.24. The highest BCUT2D eigenvalue weighted by molar-refractivity contribution is 5.97. The van der Waals surface area contributed by atoms with Crippen molar-refractivity contribution in [3.8, 4) is 0 Å². The van der Waals surface area contributed by atoms with E-state index in [0.29, 0.717) is 31.7 Å². The molecule has 6 heteroatoms. The third-order valence-electron chi connectivity index (χ3n) is 3.99. The van der Waals surface area contributed by atoms with E-state index >= 15 is 0 Å². The van der Waals surface area contributed by atoms with E-state index in [1.54, 1.807) is 21.9 Å². The first kappa shape index (κ1) is 18.0. The summed E-state index contributed by atoms with van der Waals surface area (Å²) in [5.41, 5.74) is 0.639. The van der Waals surface area contributed by atoms with Gasteiger partial charge in [-0.05, 0) is 13.8 Å². The van der Waals surface area contributed by atoms with Crippen molar-refractivity contribution in [3.63, 3.8) is 0 Å². The minimum Gasteiger partial charge on any atom is -0.339 e. The molecule has 2 rings (SSSR count). The number of piperazine rings is 1. The molecule has 6 nitrogen and oxygen atoms in total. The molecule has 1 aromatic rings. The van der Waals surface area contributed by atoms with Crippen molar-refractivity contribution in [3.05, 3.63) is 35.9 Å². The van der Waals surface area contributed by atoms with E-state index in [-0.39, 0.29) is 36.6 Å². The maximum Gasteiger partial charge on any atom is 0.317 e. The lowest BCUT2D eigenvalue weighted by molar-refractivity contribution is -0.132. The zero-order chi connectivity index (χ0) is 17.5. The number of nitrogens with zero attached hydrogens (tertiary/aromatic N) is 2. The number of amides is 3. The van der Waals surface area contributed by atoms with Gasteiger partial charge in [0.05, 0.1) is 0 Å². The topological polar surface area (TPSA) is 69.7 Å². The summed E-state index contributed by atoms with van der Waals surface area (Å²) in [6.45, 7) is 5.92. The minimum atomic E-state index is -0.0867. The molecule has 0 aliphatic carbocycles. The number of hydrogen-bond acceptors (Lipinski definition) is 3. The van der Waals surface area contributed by atoms with Gasteiger partial charge in [-0.15, -0.1) is 0 Å². The smallest absolute Gasteiger partial charge is 0.317 e. The van der Waals surface area contributed by atoms with Gasteiger partial charge in [0.15, 0.2) is 5.78 Å². The Hall–Kier alpha value is -2.37. The van der Waals surface area contributed by atoms with Gasteiger partial charge in [0.25, 0.3) is 0 Å². The Kier molecular flexibility index (Phi) is 6.35. The Morgan fingerprint density at radius 2 is 1.54 bits per heavy atom. The van der Waals surface area contributed by atoms with Crippen LogP contribution in [0.1, 0.15) is 37.0 Å². The number of carbonyl (C=O) groups is 3. The zero-order valence-electron chi connectivity index (χ0n) is 14.3. The van der Waals surface area contributed by atoms with Crippen molar-refractivity contribution in [2.45, 2.75) is 32.7 Å². The average Bonchev–Trinajstić information content (AvgIpc) is 2.59. The van der Waals surface area contributed by atoms with Crippen LogP contribution in [0.25, 0.3) is 0 Å². The maximum absolute atomic E-state index is 12.2. The van der Waals surface area contributed by atoms with Crippen LogP contribution in [0.5, 0.6) is 0 Å². The third-order valence-corrected chi connectivity index (χ3v) is 3.99. The van der Waals surface area contributed by atoms with Gasteiger partial charge in [0, 0.05) is 50.6 Å². The fraction of sp³-hybridized carbons (Fsp3) is 0.500. The van der Waals surface area contributed by atoms with Crippen LogP contribution >= 0.6 is 0 Å². The van der Waals surface area contributed by atoms with Crippen LogP contribution in [-0.2, 0) is 4.79 Å². The lowest BCUT2D eigenvalue weighted by atomic mass is 10.1.